The molecule has 0 saturated carbocycles. The van der Waals surface area contributed by atoms with Gasteiger partial charge in [0.05, 0.1) is 32.7 Å². The second-order valence-electron chi connectivity index (χ2n) is 6.92. The number of benzene rings is 2. The van der Waals surface area contributed by atoms with Gasteiger partial charge in [0, 0.05) is 23.1 Å². The van der Waals surface area contributed by atoms with Gasteiger partial charge in [0.2, 0.25) is 0 Å². The van der Waals surface area contributed by atoms with E-state index in [1.807, 2.05) is 24.3 Å². The number of rotatable bonds is 4. The molecule has 24 heavy (non-hydrogen) atoms. The van der Waals surface area contributed by atoms with E-state index in [1.165, 1.54) is 30.8 Å². The van der Waals surface area contributed by atoms with Gasteiger partial charge in [-0.25, -0.2) is 0 Å². The molecule has 0 bridgehead atoms. The van der Waals surface area contributed by atoms with E-state index in [0.717, 1.165) is 27.6 Å². The molecule has 2 aromatic rings. The maximum absolute atomic E-state index is 6.09. The van der Waals surface area contributed by atoms with Crippen LogP contribution in [0.2, 0.25) is 10.0 Å². The van der Waals surface area contributed by atoms with Gasteiger partial charge in [-0.15, -0.1) is 0 Å². The van der Waals surface area contributed by atoms with Gasteiger partial charge in [0.25, 0.3) is 0 Å². The molecule has 2 aromatic carbocycles. The summed E-state index contributed by atoms with van der Waals surface area (Å²) < 4.78 is 1.16. The van der Waals surface area contributed by atoms with Crippen molar-refractivity contribution in [2.75, 3.05) is 39.8 Å². The highest BCUT2D eigenvalue weighted by atomic mass is 35.5. The maximum atomic E-state index is 6.09. The van der Waals surface area contributed by atoms with Gasteiger partial charge >= 0.3 is 0 Å². The van der Waals surface area contributed by atoms with E-state index in [2.05, 4.69) is 43.1 Å². The molecule has 128 valence electrons. The molecule has 3 rings (SSSR count). The molecule has 0 unspecified atom stereocenters. The molecular formula is C20H25Cl2N2+. The lowest BCUT2D eigenvalue weighted by Crippen LogP contribution is -2.57. The van der Waals surface area contributed by atoms with Crippen LogP contribution in [0.15, 0.2) is 48.5 Å². The van der Waals surface area contributed by atoms with Gasteiger partial charge in [-0.2, -0.15) is 0 Å². The smallest absolute Gasteiger partial charge is 0.0914 e. The molecule has 0 atom stereocenters. The van der Waals surface area contributed by atoms with Crippen LogP contribution in [0.1, 0.15) is 24.1 Å². The largest absolute Gasteiger partial charge is 0.324 e. The molecule has 1 heterocycles. The standard InChI is InChI=1S/C20H25Cl2N2/c1-3-24(2)14-12-23(13-15-24)20(16-4-8-18(21)9-5-16)17-6-10-19(22)11-7-17/h4-11,20H,3,12-15H2,1-2H3/q+1. The van der Waals surface area contributed by atoms with Gasteiger partial charge in [-0.05, 0) is 42.3 Å². The quantitative estimate of drug-likeness (QED) is 0.700. The molecule has 2 nitrogen and oxygen atoms in total. The molecule has 1 saturated heterocycles. The lowest BCUT2D eigenvalue weighted by molar-refractivity contribution is -0.912. The number of piperazine rings is 1. The Hall–Kier alpha value is -1.06. The third-order valence-corrected chi connectivity index (χ3v) is 5.86. The first-order valence-corrected chi connectivity index (χ1v) is 9.35. The Morgan fingerprint density at radius 3 is 1.67 bits per heavy atom. The summed E-state index contributed by atoms with van der Waals surface area (Å²) in [7, 11) is 2.36. The van der Waals surface area contributed by atoms with Crippen molar-refractivity contribution in [3.05, 3.63) is 69.7 Å². The van der Waals surface area contributed by atoms with Gasteiger partial charge in [0.1, 0.15) is 0 Å². The highest BCUT2D eigenvalue weighted by Gasteiger charge is 2.32. The van der Waals surface area contributed by atoms with Crippen LogP contribution in [0, 0.1) is 0 Å². The zero-order valence-corrected chi connectivity index (χ0v) is 15.9. The normalized spacial score (nSPS) is 18.0. The predicted octanol–water partition coefficient (Wildman–Crippen LogP) is 4.86. The Kier molecular flexibility index (Phi) is 5.51. The summed E-state index contributed by atoms with van der Waals surface area (Å²) in [6.07, 6.45) is 0. The molecule has 0 amide bonds. The second-order valence-corrected chi connectivity index (χ2v) is 7.80. The fourth-order valence-corrected chi connectivity index (χ4v) is 3.69. The average Bonchev–Trinajstić information content (AvgIpc) is 2.60. The summed E-state index contributed by atoms with van der Waals surface area (Å²) in [6, 6.07) is 16.8. The number of hydrogen-bond donors (Lipinski definition) is 0. The second kappa shape index (κ2) is 7.45. The first-order chi connectivity index (χ1) is 11.5. The summed E-state index contributed by atoms with van der Waals surface area (Å²) in [4.78, 5) is 2.59. The molecule has 1 aliphatic rings. The van der Waals surface area contributed by atoms with Crippen molar-refractivity contribution in [1.82, 2.24) is 4.90 Å². The van der Waals surface area contributed by atoms with Crippen LogP contribution >= 0.6 is 23.2 Å². The van der Waals surface area contributed by atoms with E-state index >= 15 is 0 Å². The summed E-state index contributed by atoms with van der Waals surface area (Å²) in [5.41, 5.74) is 2.57. The molecule has 0 spiro atoms. The van der Waals surface area contributed by atoms with E-state index in [9.17, 15) is 0 Å². The molecule has 1 aliphatic heterocycles. The third-order valence-electron chi connectivity index (χ3n) is 5.35. The Balaban J connectivity index is 1.91. The van der Waals surface area contributed by atoms with Gasteiger partial charge in [-0.3, -0.25) is 4.90 Å². The lowest BCUT2D eigenvalue weighted by atomic mass is 9.96. The highest BCUT2D eigenvalue weighted by molar-refractivity contribution is 6.30. The van der Waals surface area contributed by atoms with Crippen LogP contribution in [0.25, 0.3) is 0 Å². The summed E-state index contributed by atoms with van der Waals surface area (Å²) >= 11 is 12.2. The van der Waals surface area contributed by atoms with Crippen LogP contribution < -0.4 is 0 Å². The monoisotopic (exact) mass is 363 g/mol. The first-order valence-electron chi connectivity index (χ1n) is 8.59. The Bertz CT molecular complexity index is 614. The van der Waals surface area contributed by atoms with Crippen molar-refractivity contribution < 1.29 is 4.48 Å². The average molecular weight is 364 g/mol. The SMILES string of the molecule is CC[N+]1(C)CCN(C(c2ccc(Cl)cc2)c2ccc(Cl)cc2)CC1. The van der Waals surface area contributed by atoms with Gasteiger partial charge < -0.3 is 4.48 Å². The summed E-state index contributed by atoms with van der Waals surface area (Å²) in [5.74, 6) is 0. The Labute approximate surface area is 155 Å². The Morgan fingerprint density at radius 1 is 0.875 bits per heavy atom. The topological polar surface area (TPSA) is 3.24 Å². The molecule has 0 aliphatic carbocycles. The van der Waals surface area contributed by atoms with E-state index in [4.69, 9.17) is 23.2 Å². The molecule has 1 fully saturated rings. The summed E-state index contributed by atoms with van der Waals surface area (Å²) in [5, 5.41) is 1.56. The molecule has 0 radical (unpaired) electrons. The van der Waals surface area contributed by atoms with Crippen LogP contribution in [-0.2, 0) is 0 Å². The number of likely N-dealkylation sites (N-methyl/N-ethyl adjacent to an activating group) is 1. The minimum atomic E-state index is 0.255. The summed E-state index contributed by atoms with van der Waals surface area (Å²) in [6.45, 7) is 8.05. The molecule has 0 N–H and O–H groups in total. The van der Waals surface area contributed by atoms with E-state index in [1.54, 1.807) is 0 Å². The van der Waals surface area contributed by atoms with Crippen LogP contribution in [0.5, 0.6) is 0 Å². The van der Waals surface area contributed by atoms with Crippen molar-refractivity contribution in [3.8, 4) is 0 Å². The minimum absolute atomic E-state index is 0.255. The maximum Gasteiger partial charge on any atom is 0.0914 e. The molecule has 4 heteroatoms. The van der Waals surface area contributed by atoms with E-state index in [-0.39, 0.29) is 6.04 Å². The number of nitrogens with zero attached hydrogens (tertiary/aromatic N) is 2. The third kappa shape index (κ3) is 3.94. The predicted molar refractivity (Wildman–Crippen MR) is 103 cm³/mol. The Morgan fingerprint density at radius 2 is 1.29 bits per heavy atom. The molecule has 0 aromatic heterocycles. The van der Waals surface area contributed by atoms with E-state index < -0.39 is 0 Å². The minimum Gasteiger partial charge on any atom is -0.324 e. The highest BCUT2D eigenvalue weighted by Crippen LogP contribution is 2.31. The van der Waals surface area contributed by atoms with Crippen LogP contribution in [-0.4, -0.2) is 49.2 Å². The number of hydrogen-bond acceptors (Lipinski definition) is 1. The first kappa shape index (κ1) is 17.8. The fourth-order valence-electron chi connectivity index (χ4n) is 3.44. The van der Waals surface area contributed by atoms with Crippen LogP contribution in [0.4, 0.5) is 0 Å². The van der Waals surface area contributed by atoms with Crippen molar-refractivity contribution in [2.45, 2.75) is 13.0 Å². The van der Waals surface area contributed by atoms with Crippen molar-refractivity contribution in [3.63, 3.8) is 0 Å². The lowest BCUT2D eigenvalue weighted by Gasteiger charge is -2.44. The van der Waals surface area contributed by atoms with Crippen LogP contribution in [0.3, 0.4) is 0 Å². The van der Waals surface area contributed by atoms with Gasteiger partial charge in [-0.1, -0.05) is 47.5 Å². The zero-order valence-electron chi connectivity index (χ0n) is 14.4. The number of halogens is 2. The fraction of sp³-hybridized carbons (Fsp3) is 0.400. The van der Waals surface area contributed by atoms with Gasteiger partial charge in [0.15, 0.2) is 0 Å². The van der Waals surface area contributed by atoms with Crippen molar-refractivity contribution in [1.29, 1.82) is 0 Å². The van der Waals surface area contributed by atoms with Crippen molar-refractivity contribution in [2.24, 2.45) is 0 Å². The van der Waals surface area contributed by atoms with Crippen molar-refractivity contribution >= 4 is 23.2 Å². The molecular weight excluding hydrogens is 339 g/mol. The van der Waals surface area contributed by atoms with E-state index in [0.29, 0.717) is 0 Å². The zero-order chi connectivity index (χ0) is 17.2. The number of quaternary nitrogens is 1.